The zero-order chi connectivity index (χ0) is 45.9. The van der Waals surface area contributed by atoms with Gasteiger partial charge in [-0.15, -0.1) is 0 Å². The van der Waals surface area contributed by atoms with Crippen LogP contribution in [0, 0.1) is 0 Å². The molecule has 0 amide bonds. The standard InChI is InChI=1S/C64H55BN2/c1-62(2,3)44-25-31-54-50(35-44)51-36-46(64(7,8)9)37-52-58-48-28-22-42-32-45(63(4,5)6)33-43-23-29-49(57(48)56(42)43)61-59(58)65(67(54)60(51)52)53-34-41(39-18-14-11-15-19-39)24-30-55(53)66(61)47-26-20-40(21-27-47)38-16-12-10-13-17-38/h10-37H,1-9H3. The summed E-state index contributed by atoms with van der Waals surface area (Å²) in [6, 6.07) is 65.4. The fraction of sp³-hybridized carbons (Fsp3) is 0.188. The minimum absolute atomic E-state index is 0.000284. The average molecular weight is 863 g/mol. The van der Waals surface area contributed by atoms with Crippen LogP contribution in [0.4, 0.5) is 17.1 Å². The second kappa shape index (κ2) is 13.7. The van der Waals surface area contributed by atoms with Gasteiger partial charge in [0.1, 0.15) is 0 Å². The minimum Gasteiger partial charge on any atom is -0.375 e. The first-order chi connectivity index (χ1) is 32.1. The van der Waals surface area contributed by atoms with Crippen molar-refractivity contribution in [2.45, 2.75) is 78.6 Å². The van der Waals surface area contributed by atoms with Gasteiger partial charge in [0.15, 0.2) is 0 Å². The summed E-state index contributed by atoms with van der Waals surface area (Å²) in [5.41, 5.74) is 20.6. The molecule has 324 valence electrons. The lowest BCUT2D eigenvalue weighted by atomic mass is 9.44. The number of hydrogen-bond donors (Lipinski definition) is 0. The monoisotopic (exact) mass is 862 g/mol. The van der Waals surface area contributed by atoms with Crippen LogP contribution < -0.4 is 15.8 Å². The Morgan fingerprint density at radius 3 is 1.63 bits per heavy atom. The normalized spacial score (nSPS) is 13.7. The first kappa shape index (κ1) is 40.2. The van der Waals surface area contributed by atoms with Gasteiger partial charge in [0.05, 0.1) is 5.69 Å². The van der Waals surface area contributed by atoms with E-state index in [4.69, 9.17) is 0 Å². The molecule has 13 rings (SSSR count). The van der Waals surface area contributed by atoms with E-state index in [0.717, 1.165) is 5.69 Å². The summed E-state index contributed by atoms with van der Waals surface area (Å²) in [6.45, 7) is 21.1. The number of nitrogens with zero attached hydrogens (tertiary/aromatic N) is 2. The molecule has 10 aromatic carbocycles. The van der Waals surface area contributed by atoms with Crippen molar-refractivity contribution in [3.8, 4) is 33.4 Å². The summed E-state index contributed by atoms with van der Waals surface area (Å²) in [5.74, 6) is 0. The highest BCUT2D eigenvalue weighted by Gasteiger charge is 2.45. The number of anilines is 3. The molecule has 2 aliphatic rings. The second-order valence-corrected chi connectivity index (χ2v) is 22.6. The number of rotatable bonds is 3. The van der Waals surface area contributed by atoms with Crippen molar-refractivity contribution in [1.82, 2.24) is 4.48 Å². The summed E-state index contributed by atoms with van der Waals surface area (Å²) in [7, 11) is 0. The highest BCUT2D eigenvalue weighted by Crippen LogP contribution is 2.53. The van der Waals surface area contributed by atoms with Crippen LogP contribution in [-0.2, 0) is 16.2 Å². The van der Waals surface area contributed by atoms with Gasteiger partial charge in [0, 0.05) is 49.5 Å². The Kier molecular flexibility index (Phi) is 8.24. The highest BCUT2D eigenvalue weighted by molar-refractivity contribution is 6.91. The van der Waals surface area contributed by atoms with Gasteiger partial charge < -0.3 is 9.38 Å². The molecule has 0 atom stereocenters. The third-order valence-corrected chi connectivity index (χ3v) is 15.3. The predicted molar refractivity (Wildman–Crippen MR) is 291 cm³/mol. The Morgan fingerprint density at radius 2 is 0.985 bits per heavy atom. The number of aromatic nitrogens is 1. The van der Waals surface area contributed by atoms with Gasteiger partial charge in [0.2, 0.25) is 0 Å². The Labute approximate surface area is 394 Å². The summed E-state index contributed by atoms with van der Waals surface area (Å²) in [5, 5.41) is 10.6. The van der Waals surface area contributed by atoms with Crippen molar-refractivity contribution in [3.05, 3.63) is 187 Å². The summed E-state index contributed by atoms with van der Waals surface area (Å²) in [4.78, 5) is 2.62. The fourth-order valence-corrected chi connectivity index (χ4v) is 11.8. The summed E-state index contributed by atoms with van der Waals surface area (Å²) >= 11 is 0. The van der Waals surface area contributed by atoms with Crippen LogP contribution >= 0.6 is 0 Å². The molecule has 0 fully saturated rings. The third kappa shape index (κ3) is 5.83. The van der Waals surface area contributed by atoms with Crippen LogP contribution in [-0.4, -0.2) is 11.3 Å². The molecule has 0 unspecified atom stereocenters. The van der Waals surface area contributed by atoms with Gasteiger partial charge in [-0.3, -0.25) is 0 Å². The van der Waals surface area contributed by atoms with Crippen LogP contribution in [0.5, 0.6) is 0 Å². The average Bonchev–Trinajstić information content (AvgIpc) is 3.65. The van der Waals surface area contributed by atoms with E-state index >= 15 is 0 Å². The Hall–Kier alpha value is -7.10. The van der Waals surface area contributed by atoms with Crippen LogP contribution in [0.3, 0.4) is 0 Å². The van der Waals surface area contributed by atoms with Gasteiger partial charge in [0.25, 0.3) is 0 Å². The van der Waals surface area contributed by atoms with E-state index in [1.807, 2.05) is 0 Å². The molecule has 3 heteroatoms. The number of hydrogen-bond acceptors (Lipinski definition) is 1. The zero-order valence-electron chi connectivity index (χ0n) is 40.1. The molecular weight excluding hydrogens is 808 g/mol. The first-order valence-corrected chi connectivity index (χ1v) is 24.2. The van der Waals surface area contributed by atoms with E-state index in [-0.39, 0.29) is 23.1 Å². The number of fused-ring (bicyclic) bond motifs is 9. The largest absolute Gasteiger partial charge is 0.375 e. The Morgan fingerprint density at radius 1 is 0.418 bits per heavy atom. The van der Waals surface area contributed by atoms with Crippen molar-refractivity contribution in [3.63, 3.8) is 0 Å². The molecule has 11 aromatic rings. The van der Waals surface area contributed by atoms with Gasteiger partial charge in [-0.1, -0.05) is 190 Å². The summed E-state index contributed by atoms with van der Waals surface area (Å²) in [6.07, 6.45) is 0. The predicted octanol–water partition coefficient (Wildman–Crippen LogP) is 16.3. The van der Waals surface area contributed by atoms with Crippen LogP contribution in [0.2, 0.25) is 0 Å². The van der Waals surface area contributed by atoms with Gasteiger partial charge >= 0.3 is 6.85 Å². The van der Waals surface area contributed by atoms with Crippen molar-refractivity contribution < 1.29 is 0 Å². The molecule has 2 nitrogen and oxygen atoms in total. The smallest absolute Gasteiger partial charge is 0.333 e. The molecule has 0 spiro atoms. The van der Waals surface area contributed by atoms with Gasteiger partial charge in [-0.2, -0.15) is 0 Å². The molecular formula is C64H55BN2. The lowest BCUT2D eigenvalue weighted by Gasteiger charge is -2.42. The molecule has 0 radical (unpaired) electrons. The lowest BCUT2D eigenvalue weighted by molar-refractivity contribution is 0.590. The zero-order valence-corrected chi connectivity index (χ0v) is 40.1. The third-order valence-electron chi connectivity index (χ3n) is 15.3. The topological polar surface area (TPSA) is 8.17 Å². The van der Waals surface area contributed by atoms with E-state index in [0.29, 0.717) is 0 Å². The second-order valence-electron chi connectivity index (χ2n) is 22.6. The van der Waals surface area contributed by atoms with Crippen LogP contribution in [0.15, 0.2) is 170 Å². The van der Waals surface area contributed by atoms with E-state index in [1.54, 1.807) is 0 Å². The van der Waals surface area contributed by atoms with Crippen LogP contribution in [0.1, 0.15) is 79.0 Å². The first-order valence-electron chi connectivity index (χ1n) is 24.2. The Balaban J connectivity index is 1.24. The lowest BCUT2D eigenvalue weighted by Crippen LogP contribution is -2.56. The number of benzene rings is 10. The Bertz CT molecular complexity index is 3820. The minimum atomic E-state index is -0.0913. The van der Waals surface area contributed by atoms with Crippen molar-refractivity contribution in [2.24, 2.45) is 0 Å². The van der Waals surface area contributed by atoms with E-state index in [2.05, 4.69) is 242 Å². The molecule has 1 aromatic heterocycles. The maximum absolute atomic E-state index is 2.75. The molecule has 3 heterocycles. The van der Waals surface area contributed by atoms with E-state index < -0.39 is 0 Å². The molecule has 0 N–H and O–H groups in total. The molecule has 67 heavy (non-hydrogen) atoms. The molecule has 0 saturated heterocycles. The maximum Gasteiger partial charge on any atom is 0.333 e. The van der Waals surface area contributed by atoms with Crippen molar-refractivity contribution >= 4 is 89.0 Å². The SMILES string of the molecule is CC(C)(C)c1cc2ccc3c4c5c(c6ccc(c1)c2c36)N(c1ccc(-c2ccccc2)cc1)c1ccc(-c2ccccc2)cc1B5n1c2ccc(C(C)(C)C)cc2c2cc(C(C)(C)C)cc-4c21. The fourth-order valence-electron chi connectivity index (χ4n) is 11.8. The maximum atomic E-state index is 2.75. The summed E-state index contributed by atoms with van der Waals surface area (Å²) < 4.78 is 2.75. The van der Waals surface area contributed by atoms with E-state index in [9.17, 15) is 0 Å². The highest BCUT2D eigenvalue weighted by atomic mass is 15.2. The van der Waals surface area contributed by atoms with E-state index in [1.165, 1.54) is 126 Å². The quantitative estimate of drug-likeness (QED) is 0.127. The molecule has 0 bridgehead atoms. The van der Waals surface area contributed by atoms with Gasteiger partial charge in [-0.25, -0.2) is 0 Å². The molecule has 2 aliphatic heterocycles. The molecule has 0 aliphatic carbocycles. The van der Waals surface area contributed by atoms with Crippen molar-refractivity contribution in [1.29, 1.82) is 0 Å². The van der Waals surface area contributed by atoms with Crippen molar-refractivity contribution in [2.75, 3.05) is 4.90 Å². The van der Waals surface area contributed by atoms with Crippen LogP contribution in [0.25, 0.3) is 87.5 Å². The molecule has 0 saturated carbocycles. The van der Waals surface area contributed by atoms with Gasteiger partial charge in [-0.05, 0) is 136 Å².